The highest BCUT2D eigenvalue weighted by Gasteiger charge is 2.25. The number of hydrogen-bond acceptors (Lipinski definition) is 3. The van der Waals surface area contributed by atoms with E-state index in [-0.39, 0.29) is 17.6 Å². The number of anilines is 1. The van der Waals surface area contributed by atoms with E-state index in [2.05, 4.69) is 5.32 Å². The number of carbonyl (C=O) groups is 1. The van der Waals surface area contributed by atoms with Crippen LogP contribution in [-0.2, 0) is 4.79 Å². The van der Waals surface area contributed by atoms with Crippen LogP contribution in [0.15, 0.2) is 42.5 Å². The van der Waals surface area contributed by atoms with Crippen LogP contribution in [0.25, 0.3) is 0 Å². The normalized spacial score (nSPS) is 11.9. The van der Waals surface area contributed by atoms with Gasteiger partial charge in [-0.2, -0.15) is 0 Å². The minimum Gasteiger partial charge on any atom is -0.497 e. The summed E-state index contributed by atoms with van der Waals surface area (Å²) in [5, 5.41) is 2.89. The van der Waals surface area contributed by atoms with Crippen molar-refractivity contribution >= 4 is 11.6 Å². The van der Waals surface area contributed by atoms with Crippen LogP contribution in [0, 0.1) is 11.7 Å². The Morgan fingerprint density at radius 2 is 1.71 bits per heavy atom. The van der Waals surface area contributed by atoms with Crippen LogP contribution < -0.4 is 14.8 Å². The lowest BCUT2D eigenvalue weighted by molar-refractivity contribution is -0.118. The van der Waals surface area contributed by atoms with E-state index in [1.807, 2.05) is 13.8 Å². The fourth-order valence-electron chi connectivity index (χ4n) is 2.62. The van der Waals surface area contributed by atoms with Gasteiger partial charge in [-0.1, -0.05) is 26.0 Å². The number of amides is 1. The van der Waals surface area contributed by atoms with E-state index in [1.54, 1.807) is 37.4 Å². The first-order chi connectivity index (χ1) is 11.5. The lowest BCUT2D eigenvalue weighted by atomic mass is 9.87. The Morgan fingerprint density at radius 1 is 1.04 bits per heavy atom. The van der Waals surface area contributed by atoms with E-state index in [0.29, 0.717) is 17.2 Å². The second-order valence-electron chi connectivity index (χ2n) is 5.83. The molecule has 0 aliphatic heterocycles. The Bertz CT molecular complexity index is 698. The molecule has 0 fully saturated rings. The standard InChI is InChI=1S/C19H22FNO3/c1-12(2)18(13-5-7-14(20)8-6-13)19(22)21-16-10-9-15(23-3)11-17(16)24-4/h5-12,18H,1-4H3,(H,21,22). The van der Waals surface area contributed by atoms with Gasteiger partial charge in [0.05, 0.1) is 25.8 Å². The molecule has 1 amide bonds. The lowest BCUT2D eigenvalue weighted by Crippen LogP contribution is -2.25. The first-order valence-corrected chi connectivity index (χ1v) is 7.74. The van der Waals surface area contributed by atoms with Gasteiger partial charge >= 0.3 is 0 Å². The molecule has 0 aromatic heterocycles. The molecule has 0 bridgehead atoms. The summed E-state index contributed by atoms with van der Waals surface area (Å²) in [5.74, 6) is 0.337. The number of halogens is 1. The number of methoxy groups -OCH3 is 2. The van der Waals surface area contributed by atoms with Crippen LogP contribution in [0.2, 0.25) is 0 Å². The molecule has 2 rings (SSSR count). The third-order valence-corrected chi connectivity index (χ3v) is 3.84. The summed E-state index contributed by atoms with van der Waals surface area (Å²) < 4.78 is 23.6. The van der Waals surface area contributed by atoms with Crippen molar-refractivity contribution in [3.63, 3.8) is 0 Å². The smallest absolute Gasteiger partial charge is 0.232 e. The highest BCUT2D eigenvalue weighted by Crippen LogP contribution is 2.32. The molecule has 0 aliphatic rings. The molecule has 4 nitrogen and oxygen atoms in total. The van der Waals surface area contributed by atoms with Crippen LogP contribution in [-0.4, -0.2) is 20.1 Å². The molecule has 128 valence electrons. The summed E-state index contributed by atoms with van der Waals surface area (Å²) in [4.78, 5) is 12.8. The molecule has 2 aromatic rings. The molecular weight excluding hydrogens is 309 g/mol. The van der Waals surface area contributed by atoms with Gasteiger partial charge in [-0.25, -0.2) is 4.39 Å². The summed E-state index contributed by atoms with van der Waals surface area (Å²) in [7, 11) is 3.10. The zero-order chi connectivity index (χ0) is 17.7. The number of nitrogens with one attached hydrogen (secondary N) is 1. The maximum atomic E-state index is 13.1. The zero-order valence-corrected chi connectivity index (χ0v) is 14.3. The van der Waals surface area contributed by atoms with Crippen LogP contribution in [0.3, 0.4) is 0 Å². The maximum absolute atomic E-state index is 13.1. The summed E-state index contributed by atoms with van der Waals surface area (Å²) in [6.07, 6.45) is 0. The predicted molar refractivity (Wildman–Crippen MR) is 92.2 cm³/mol. The number of benzene rings is 2. The van der Waals surface area contributed by atoms with Crippen LogP contribution in [0.1, 0.15) is 25.3 Å². The van der Waals surface area contributed by atoms with E-state index < -0.39 is 5.92 Å². The number of ether oxygens (including phenoxy) is 2. The Labute approximate surface area is 141 Å². The van der Waals surface area contributed by atoms with E-state index in [4.69, 9.17) is 9.47 Å². The molecule has 1 unspecified atom stereocenters. The molecule has 0 spiro atoms. The summed E-state index contributed by atoms with van der Waals surface area (Å²) >= 11 is 0. The maximum Gasteiger partial charge on any atom is 0.232 e. The highest BCUT2D eigenvalue weighted by molar-refractivity contribution is 5.97. The summed E-state index contributed by atoms with van der Waals surface area (Å²) in [6, 6.07) is 11.2. The van der Waals surface area contributed by atoms with Crippen molar-refractivity contribution in [2.45, 2.75) is 19.8 Å². The zero-order valence-electron chi connectivity index (χ0n) is 14.3. The molecular formula is C19H22FNO3. The topological polar surface area (TPSA) is 47.6 Å². The quantitative estimate of drug-likeness (QED) is 0.862. The lowest BCUT2D eigenvalue weighted by Gasteiger charge is -2.21. The van der Waals surface area contributed by atoms with Crippen molar-refractivity contribution in [3.8, 4) is 11.5 Å². The SMILES string of the molecule is COc1ccc(NC(=O)C(c2ccc(F)cc2)C(C)C)c(OC)c1. The predicted octanol–water partition coefficient (Wildman–Crippen LogP) is 4.22. The fraction of sp³-hybridized carbons (Fsp3) is 0.316. The van der Waals surface area contributed by atoms with E-state index >= 15 is 0 Å². The molecule has 2 aromatic carbocycles. The number of rotatable bonds is 6. The van der Waals surface area contributed by atoms with Gasteiger partial charge < -0.3 is 14.8 Å². The van der Waals surface area contributed by atoms with Gasteiger partial charge in [0.1, 0.15) is 17.3 Å². The largest absolute Gasteiger partial charge is 0.497 e. The van der Waals surface area contributed by atoms with E-state index in [1.165, 1.54) is 19.2 Å². The monoisotopic (exact) mass is 331 g/mol. The van der Waals surface area contributed by atoms with Gasteiger partial charge in [0.25, 0.3) is 0 Å². The molecule has 1 N–H and O–H groups in total. The third-order valence-electron chi connectivity index (χ3n) is 3.84. The van der Waals surface area contributed by atoms with Gasteiger partial charge in [-0.05, 0) is 35.7 Å². The highest BCUT2D eigenvalue weighted by atomic mass is 19.1. The van der Waals surface area contributed by atoms with Gasteiger partial charge in [-0.3, -0.25) is 4.79 Å². The summed E-state index contributed by atoms with van der Waals surface area (Å²) in [5.41, 5.74) is 1.34. The molecule has 1 atom stereocenters. The fourth-order valence-corrected chi connectivity index (χ4v) is 2.62. The Hall–Kier alpha value is -2.56. The first kappa shape index (κ1) is 17.8. The Kier molecular flexibility index (Phi) is 5.79. The second-order valence-corrected chi connectivity index (χ2v) is 5.83. The average Bonchev–Trinajstić information content (AvgIpc) is 2.57. The molecule has 5 heteroatoms. The molecule has 0 saturated heterocycles. The number of carbonyl (C=O) groups excluding carboxylic acids is 1. The molecule has 0 saturated carbocycles. The van der Waals surface area contributed by atoms with Crippen molar-refractivity contribution in [2.75, 3.05) is 19.5 Å². The van der Waals surface area contributed by atoms with Gasteiger partial charge in [0.2, 0.25) is 5.91 Å². The van der Waals surface area contributed by atoms with E-state index in [9.17, 15) is 9.18 Å². The molecule has 0 radical (unpaired) electrons. The Balaban J connectivity index is 2.27. The molecule has 0 heterocycles. The Morgan fingerprint density at radius 3 is 2.25 bits per heavy atom. The summed E-state index contributed by atoms with van der Waals surface area (Å²) in [6.45, 7) is 3.91. The molecule has 0 aliphatic carbocycles. The molecule has 24 heavy (non-hydrogen) atoms. The van der Waals surface area contributed by atoms with Crippen molar-refractivity contribution < 1.29 is 18.7 Å². The third kappa shape index (κ3) is 4.04. The van der Waals surface area contributed by atoms with Gasteiger partial charge in [0.15, 0.2) is 0 Å². The van der Waals surface area contributed by atoms with Crippen LogP contribution >= 0.6 is 0 Å². The van der Waals surface area contributed by atoms with Crippen molar-refractivity contribution in [1.29, 1.82) is 0 Å². The van der Waals surface area contributed by atoms with Crippen molar-refractivity contribution in [2.24, 2.45) is 5.92 Å². The number of hydrogen-bond donors (Lipinski definition) is 1. The van der Waals surface area contributed by atoms with Crippen LogP contribution in [0.5, 0.6) is 11.5 Å². The second kappa shape index (κ2) is 7.81. The van der Waals surface area contributed by atoms with Crippen molar-refractivity contribution in [3.05, 3.63) is 53.8 Å². The minimum atomic E-state index is -0.391. The van der Waals surface area contributed by atoms with Crippen LogP contribution in [0.4, 0.5) is 10.1 Å². The average molecular weight is 331 g/mol. The van der Waals surface area contributed by atoms with Gasteiger partial charge in [0, 0.05) is 6.07 Å². The minimum absolute atomic E-state index is 0.0553. The van der Waals surface area contributed by atoms with E-state index in [0.717, 1.165) is 5.56 Å². The van der Waals surface area contributed by atoms with Crippen molar-refractivity contribution in [1.82, 2.24) is 0 Å². The van der Waals surface area contributed by atoms with Gasteiger partial charge in [-0.15, -0.1) is 0 Å². The first-order valence-electron chi connectivity index (χ1n) is 7.74.